The largest absolute Gasteiger partial charge is 0.325 e. The molecule has 2 atom stereocenters. The van der Waals surface area contributed by atoms with Crippen LogP contribution in [0.5, 0.6) is 0 Å². The molecule has 84 valence electrons. The van der Waals surface area contributed by atoms with E-state index in [4.69, 9.17) is 0 Å². The lowest BCUT2D eigenvalue weighted by atomic mass is 10.1. The van der Waals surface area contributed by atoms with Gasteiger partial charge in [0.15, 0.2) is 0 Å². The van der Waals surface area contributed by atoms with Gasteiger partial charge in [0.2, 0.25) is 5.91 Å². The first-order valence-corrected chi connectivity index (χ1v) is 5.20. The topological polar surface area (TPSA) is 64.7 Å². The molecule has 2 fully saturated rings. The van der Waals surface area contributed by atoms with Gasteiger partial charge in [0.1, 0.15) is 12.2 Å². The van der Waals surface area contributed by atoms with Gasteiger partial charge < -0.3 is 4.90 Å². The van der Waals surface area contributed by atoms with Crippen molar-refractivity contribution in [2.45, 2.75) is 25.6 Å². The van der Waals surface area contributed by atoms with Crippen LogP contribution in [0.3, 0.4) is 0 Å². The number of nitrogens with one attached hydrogen (secondary N) is 2. The maximum absolute atomic E-state index is 11.7. The molecule has 0 radical (unpaired) electrons. The van der Waals surface area contributed by atoms with E-state index in [1.165, 1.54) is 0 Å². The molecule has 15 heavy (non-hydrogen) atoms. The zero-order chi connectivity index (χ0) is 11.0. The molecular formula is C9H16N4O2. The minimum Gasteiger partial charge on any atom is -0.310 e. The quantitative estimate of drug-likeness (QED) is 0.625. The van der Waals surface area contributed by atoms with Crippen molar-refractivity contribution in [1.82, 2.24) is 20.4 Å². The summed E-state index contributed by atoms with van der Waals surface area (Å²) in [7, 11) is 1.70. The fourth-order valence-corrected chi connectivity index (χ4v) is 2.18. The van der Waals surface area contributed by atoms with E-state index < -0.39 is 0 Å². The van der Waals surface area contributed by atoms with Gasteiger partial charge in [0, 0.05) is 13.6 Å². The summed E-state index contributed by atoms with van der Waals surface area (Å²) in [5.74, 6) is -0.193. The average Bonchev–Trinajstić information content (AvgIpc) is 2.59. The van der Waals surface area contributed by atoms with Crippen LogP contribution in [0.1, 0.15) is 13.3 Å². The number of nitrogens with zero attached hydrogens (tertiary/aromatic N) is 2. The van der Waals surface area contributed by atoms with Crippen molar-refractivity contribution in [2.24, 2.45) is 0 Å². The van der Waals surface area contributed by atoms with Crippen molar-refractivity contribution < 1.29 is 9.59 Å². The van der Waals surface area contributed by atoms with Gasteiger partial charge in [-0.25, -0.2) is 4.79 Å². The highest BCUT2D eigenvalue weighted by Crippen LogP contribution is 2.18. The number of imide groups is 1. The lowest BCUT2D eigenvalue weighted by Crippen LogP contribution is -2.64. The fraction of sp³-hybridized carbons (Fsp3) is 0.778. The summed E-state index contributed by atoms with van der Waals surface area (Å²) in [4.78, 5) is 26.6. The van der Waals surface area contributed by atoms with E-state index in [1.54, 1.807) is 11.9 Å². The van der Waals surface area contributed by atoms with Crippen molar-refractivity contribution in [3.05, 3.63) is 0 Å². The summed E-state index contributed by atoms with van der Waals surface area (Å²) in [6.45, 7) is 3.60. The summed E-state index contributed by atoms with van der Waals surface area (Å²) in [5, 5.41) is 5.53. The smallest absolute Gasteiger partial charge is 0.310 e. The molecular weight excluding hydrogens is 196 g/mol. The standard InChI is InChI=1S/C9H16N4O2/c1-3-4-13-5-10-7-6(13)8(14)11-9(15)12(7)2/h6-7,10H,3-5H2,1-2H3,(H,11,14,15). The summed E-state index contributed by atoms with van der Waals surface area (Å²) >= 11 is 0. The molecule has 2 unspecified atom stereocenters. The minimum atomic E-state index is -0.327. The van der Waals surface area contributed by atoms with Crippen LogP contribution in [0.25, 0.3) is 0 Å². The Kier molecular flexibility index (Phi) is 2.62. The Bertz CT molecular complexity index is 294. The fourth-order valence-electron chi connectivity index (χ4n) is 2.18. The Morgan fingerprint density at radius 3 is 2.87 bits per heavy atom. The second-order valence-corrected chi connectivity index (χ2v) is 3.97. The molecule has 0 aromatic carbocycles. The minimum absolute atomic E-state index is 0.183. The van der Waals surface area contributed by atoms with E-state index in [-0.39, 0.29) is 24.1 Å². The van der Waals surface area contributed by atoms with Gasteiger partial charge in [0.05, 0.1) is 6.67 Å². The number of urea groups is 1. The van der Waals surface area contributed by atoms with Gasteiger partial charge in [-0.05, 0) is 6.42 Å². The summed E-state index contributed by atoms with van der Waals surface area (Å²) < 4.78 is 0. The molecule has 0 spiro atoms. The Morgan fingerprint density at radius 1 is 1.47 bits per heavy atom. The van der Waals surface area contributed by atoms with Crippen LogP contribution in [-0.4, -0.2) is 54.2 Å². The number of carbonyl (C=O) groups excluding carboxylic acids is 2. The lowest BCUT2D eigenvalue weighted by Gasteiger charge is -2.35. The Labute approximate surface area is 88.6 Å². The van der Waals surface area contributed by atoms with Gasteiger partial charge >= 0.3 is 6.03 Å². The van der Waals surface area contributed by atoms with E-state index in [0.717, 1.165) is 13.0 Å². The second-order valence-electron chi connectivity index (χ2n) is 3.97. The molecule has 0 aromatic heterocycles. The van der Waals surface area contributed by atoms with Crippen molar-refractivity contribution in [2.75, 3.05) is 20.3 Å². The molecule has 6 nitrogen and oxygen atoms in total. The highest BCUT2D eigenvalue weighted by molar-refractivity contribution is 6.00. The third-order valence-corrected chi connectivity index (χ3v) is 2.94. The zero-order valence-electron chi connectivity index (χ0n) is 8.99. The van der Waals surface area contributed by atoms with E-state index in [0.29, 0.717) is 6.67 Å². The highest BCUT2D eigenvalue weighted by Gasteiger charge is 2.46. The van der Waals surface area contributed by atoms with Gasteiger partial charge in [-0.3, -0.25) is 20.3 Å². The van der Waals surface area contributed by atoms with Crippen LogP contribution in [0.15, 0.2) is 0 Å². The molecule has 2 N–H and O–H groups in total. The number of hydrogen-bond acceptors (Lipinski definition) is 4. The first kappa shape index (κ1) is 10.4. The average molecular weight is 212 g/mol. The maximum atomic E-state index is 11.7. The molecule has 2 aliphatic heterocycles. The predicted octanol–water partition coefficient (Wildman–Crippen LogP) is -0.865. The van der Waals surface area contributed by atoms with E-state index in [2.05, 4.69) is 22.5 Å². The first-order valence-electron chi connectivity index (χ1n) is 5.20. The second kappa shape index (κ2) is 3.79. The van der Waals surface area contributed by atoms with Crippen molar-refractivity contribution in [3.63, 3.8) is 0 Å². The monoisotopic (exact) mass is 212 g/mol. The highest BCUT2D eigenvalue weighted by atomic mass is 16.2. The van der Waals surface area contributed by atoms with Gasteiger partial charge in [0.25, 0.3) is 0 Å². The van der Waals surface area contributed by atoms with Crippen LogP contribution in [0.4, 0.5) is 4.79 Å². The first-order chi connectivity index (χ1) is 7.15. The number of likely N-dealkylation sites (N-methyl/N-ethyl adjacent to an activating group) is 1. The molecule has 0 saturated carbocycles. The van der Waals surface area contributed by atoms with E-state index in [9.17, 15) is 9.59 Å². The summed E-state index contributed by atoms with van der Waals surface area (Å²) in [6, 6.07) is -0.570. The predicted molar refractivity (Wildman–Crippen MR) is 53.9 cm³/mol. The molecule has 0 aromatic rings. The molecule has 0 bridgehead atoms. The number of fused-ring (bicyclic) bond motifs is 1. The summed E-state index contributed by atoms with van der Waals surface area (Å²) in [5.41, 5.74) is 0. The van der Waals surface area contributed by atoms with Crippen LogP contribution in [0.2, 0.25) is 0 Å². The number of rotatable bonds is 2. The van der Waals surface area contributed by atoms with Gasteiger partial charge in [-0.1, -0.05) is 6.92 Å². The molecule has 2 aliphatic rings. The number of carbonyl (C=O) groups is 2. The SMILES string of the molecule is CCCN1CNC2C1C(=O)NC(=O)N2C. The molecule has 3 amide bonds. The molecule has 2 heterocycles. The summed E-state index contributed by atoms with van der Waals surface area (Å²) in [6.07, 6.45) is 0.813. The van der Waals surface area contributed by atoms with Crippen LogP contribution in [-0.2, 0) is 4.79 Å². The molecule has 2 saturated heterocycles. The van der Waals surface area contributed by atoms with Crippen molar-refractivity contribution in [1.29, 1.82) is 0 Å². The maximum Gasteiger partial charge on any atom is 0.325 e. The number of amides is 3. The Morgan fingerprint density at radius 2 is 2.20 bits per heavy atom. The van der Waals surface area contributed by atoms with Crippen LogP contribution >= 0.6 is 0 Å². The van der Waals surface area contributed by atoms with Crippen LogP contribution < -0.4 is 10.6 Å². The Balaban J connectivity index is 2.16. The third-order valence-electron chi connectivity index (χ3n) is 2.94. The third kappa shape index (κ3) is 1.59. The molecule has 2 rings (SSSR count). The van der Waals surface area contributed by atoms with E-state index in [1.807, 2.05) is 0 Å². The van der Waals surface area contributed by atoms with Gasteiger partial charge in [-0.15, -0.1) is 0 Å². The molecule has 0 aliphatic carbocycles. The van der Waals surface area contributed by atoms with E-state index >= 15 is 0 Å². The lowest BCUT2D eigenvalue weighted by molar-refractivity contribution is -0.127. The molecule has 6 heteroatoms. The van der Waals surface area contributed by atoms with Crippen molar-refractivity contribution >= 4 is 11.9 Å². The Hall–Kier alpha value is -1.14. The van der Waals surface area contributed by atoms with Crippen molar-refractivity contribution in [3.8, 4) is 0 Å². The zero-order valence-corrected chi connectivity index (χ0v) is 8.99. The number of hydrogen-bond donors (Lipinski definition) is 2. The normalized spacial score (nSPS) is 31.7. The van der Waals surface area contributed by atoms with Crippen LogP contribution in [0, 0.1) is 0 Å². The van der Waals surface area contributed by atoms with Gasteiger partial charge in [-0.2, -0.15) is 0 Å².